The first kappa shape index (κ1) is 24.9. The fraction of sp³-hybridized carbons (Fsp3) is 0.654. The predicted octanol–water partition coefficient (Wildman–Crippen LogP) is 5.71. The van der Waals surface area contributed by atoms with Crippen molar-refractivity contribution in [1.82, 2.24) is 19.7 Å². The Labute approximate surface area is 205 Å². The van der Waals surface area contributed by atoms with Crippen LogP contribution in [0, 0.1) is 5.41 Å². The van der Waals surface area contributed by atoms with Crippen LogP contribution >= 0.6 is 0 Å². The average Bonchev–Trinajstić information content (AvgIpc) is 3.35. The van der Waals surface area contributed by atoms with Crippen LogP contribution in [0.1, 0.15) is 62.9 Å². The van der Waals surface area contributed by atoms with Gasteiger partial charge >= 0.3 is 0 Å². The number of rotatable bonds is 6. The molecule has 0 radical (unpaired) electrons. The monoisotopic (exact) mass is 483 g/mol. The number of anilines is 2. The van der Waals surface area contributed by atoms with Gasteiger partial charge in [-0.05, 0) is 43.9 Å². The lowest BCUT2D eigenvalue weighted by Crippen LogP contribution is -2.39. The molecule has 2 aromatic heterocycles. The molecule has 0 fully saturated rings. The first-order chi connectivity index (χ1) is 16.2. The molecule has 0 saturated carbocycles. The van der Waals surface area contributed by atoms with E-state index < -0.39 is 8.07 Å². The van der Waals surface area contributed by atoms with Gasteiger partial charge in [0.2, 0.25) is 5.91 Å². The van der Waals surface area contributed by atoms with Crippen molar-refractivity contribution >= 4 is 25.6 Å². The van der Waals surface area contributed by atoms with Gasteiger partial charge in [-0.15, -0.1) is 0 Å². The van der Waals surface area contributed by atoms with Crippen LogP contribution in [0.15, 0.2) is 18.2 Å². The highest BCUT2D eigenvalue weighted by Gasteiger charge is 2.39. The van der Waals surface area contributed by atoms with Gasteiger partial charge in [0.25, 0.3) is 0 Å². The van der Waals surface area contributed by atoms with Crippen molar-refractivity contribution in [2.45, 2.75) is 97.9 Å². The van der Waals surface area contributed by atoms with E-state index in [2.05, 4.69) is 50.9 Å². The van der Waals surface area contributed by atoms with Crippen molar-refractivity contribution in [2.75, 3.05) is 11.9 Å². The van der Waals surface area contributed by atoms with E-state index in [1.54, 1.807) is 0 Å². The van der Waals surface area contributed by atoms with Crippen molar-refractivity contribution < 1.29 is 9.53 Å². The molecule has 186 valence electrons. The van der Waals surface area contributed by atoms with Crippen LogP contribution in [-0.4, -0.2) is 40.3 Å². The van der Waals surface area contributed by atoms with E-state index in [1.807, 2.05) is 15.6 Å². The molecule has 2 aliphatic heterocycles. The Kier molecular flexibility index (Phi) is 7.47. The maximum atomic E-state index is 13.7. The van der Waals surface area contributed by atoms with E-state index in [9.17, 15) is 4.79 Å². The number of carbonyl (C=O) groups excluding carboxylic acids is 1. The first-order valence-corrected chi connectivity index (χ1v) is 16.6. The zero-order valence-electron chi connectivity index (χ0n) is 21.6. The maximum absolute atomic E-state index is 13.7. The summed E-state index contributed by atoms with van der Waals surface area (Å²) >= 11 is 0. The first-order valence-electron chi connectivity index (χ1n) is 12.9. The summed E-state index contributed by atoms with van der Waals surface area (Å²) < 4.78 is 7.99. The van der Waals surface area contributed by atoms with Gasteiger partial charge in [0.15, 0.2) is 5.82 Å². The third kappa shape index (κ3) is 5.71. The lowest BCUT2D eigenvalue weighted by atomic mass is 9.80. The molecule has 1 atom stereocenters. The molecule has 4 bridgehead atoms. The van der Waals surface area contributed by atoms with E-state index in [0.29, 0.717) is 19.8 Å². The van der Waals surface area contributed by atoms with Gasteiger partial charge in [-0.2, -0.15) is 5.10 Å². The fourth-order valence-corrected chi connectivity index (χ4v) is 5.57. The highest BCUT2D eigenvalue weighted by Crippen LogP contribution is 2.37. The topological polar surface area (TPSA) is 72.3 Å². The Balaban J connectivity index is 1.62. The number of fused-ring (bicyclic) bond motifs is 3. The maximum Gasteiger partial charge on any atom is 0.229 e. The highest BCUT2D eigenvalue weighted by atomic mass is 28.3. The molecule has 1 amide bonds. The molecule has 7 nitrogen and oxygen atoms in total. The summed E-state index contributed by atoms with van der Waals surface area (Å²) in [6.07, 6.45) is 6.02. The second kappa shape index (κ2) is 10.2. The van der Waals surface area contributed by atoms with Crippen molar-refractivity contribution in [1.29, 1.82) is 0 Å². The van der Waals surface area contributed by atoms with E-state index >= 15 is 0 Å². The Hall–Kier alpha value is -2.19. The molecule has 2 aromatic rings. The number of ether oxygens (including phenoxy) is 1. The molecule has 34 heavy (non-hydrogen) atoms. The van der Waals surface area contributed by atoms with Crippen LogP contribution in [0.25, 0.3) is 0 Å². The van der Waals surface area contributed by atoms with Crippen LogP contribution in [0.2, 0.25) is 25.7 Å². The molecule has 0 spiro atoms. The predicted molar refractivity (Wildman–Crippen MR) is 139 cm³/mol. The number of aromatic nitrogens is 3. The molecular formula is C26H41N5O2Si. The average molecular weight is 484 g/mol. The Morgan fingerprint density at radius 2 is 2.00 bits per heavy atom. The Morgan fingerprint density at radius 3 is 2.76 bits per heavy atom. The van der Waals surface area contributed by atoms with Gasteiger partial charge in [0.05, 0.1) is 18.8 Å². The lowest BCUT2D eigenvalue weighted by molar-refractivity contribution is -0.142. The summed E-state index contributed by atoms with van der Waals surface area (Å²) in [5.41, 5.74) is 2.94. The molecule has 2 aliphatic rings. The van der Waals surface area contributed by atoms with Crippen LogP contribution in [-0.2, 0) is 35.8 Å². The molecule has 4 heterocycles. The number of carbonyl (C=O) groups is 1. The molecule has 4 rings (SSSR count). The number of nitrogens with one attached hydrogen (secondary N) is 1. The molecule has 0 saturated heterocycles. The SMILES string of the molecule is CCC1(C)CCCCCc2cccc(n2)Nc2nn(COCC[Si](C)(C)C)c3c2CN(C3)C1=O. The van der Waals surface area contributed by atoms with Gasteiger partial charge in [0, 0.05) is 31.4 Å². The summed E-state index contributed by atoms with van der Waals surface area (Å²) in [5.74, 6) is 1.86. The molecule has 1 unspecified atom stereocenters. The quantitative estimate of drug-likeness (QED) is 0.421. The number of hydrogen-bond acceptors (Lipinski definition) is 5. The zero-order chi connectivity index (χ0) is 24.3. The molecule has 1 N–H and O–H groups in total. The minimum atomic E-state index is -1.15. The molecule has 8 heteroatoms. The van der Waals surface area contributed by atoms with E-state index in [0.717, 1.165) is 79.8 Å². The second-order valence-electron chi connectivity index (χ2n) is 11.4. The van der Waals surface area contributed by atoms with Crippen LogP contribution < -0.4 is 5.32 Å². The summed E-state index contributed by atoms with van der Waals surface area (Å²) in [5, 5.41) is 8.31. The molecule has 0 aromatic carbocycles. The Bertz CT molecular complexity index is 1020. The summed E-state index contributed by atoms with van der Waals surface area (Å²) in [6.45, 7) is 13.7. The molecular weight excluding hydrogens is 442 g/mol. The smallest absolute Gasteiger partial charge is 0.229 e. The minimum absolute atomic E-state index is 0.261. The highest BCUT2D eigenvalue weighted by molar-refractivity contribution is 6.76. The number of nitrogens with zero attached hydrogens (tertiary/aromatic N) is 4. The van der Waals surface area contributed by atoms with E-state index in [-0.39, 0.29) is 11.3 Å². The lowest BCUT2D eigenvalue weighted by Gasteiger charge is -2.32. The summed E-state index contributed by atoms with van der Waals surface area (Å²) in [7, 11) is -1.15. The van der Waals surface area contributed by atoms with Gasteiger partial charge in [0.1, 0.15) is 12.5 Å². The third-order valence-corrected chi connectivity index (χ3v) is 9.07. The fourth-order valence-electron chi connectivity index (χ4n) is 4.81. The van der Waals surface area contributed by atoms with Gasteiger partial charge in [-0.25, -0.2) is 9.67 Å². The van der Waals surface area contributed by atoms with Gasteiger partial charge in [-0.3, -0.25) is 4.79 Å². The van der Waals surface area contributed by atoms with Crippen LogP contribution in [0.3, 0.4) is 0 Å². The van der Waals surface area contributed by atoms with Crippen molar-refractivity contribution in [3.8, 4) is 0 Å². The van der Waals surface area contributed by atoms with E-state index in [4.69, 9.17) is 14.8 Å². The van der Waals surface area contributed by atoms with E-state index in [1.165, 1.54) is 0 Å². The van der Waals surface area contributed by atoms with Crippen LogP contribution in [0.4, 0.5) is 11.6 Å². The summed E-state index contributed by atoms with van der Waals surface area (Å²) in [4.78, 5) is 20.5. The standard InChI is InChI=1S/C26H41N5O2Si/c1-6-26(2)14-9-7-8-11-20-12-10-13-23(27-20)28-24-21-17-30(25(26)32)18-22(21)31(29-24)19-33-15-16-34(3,4)5/h10,12-13H,6-9,11,14-19H2,1-5H3,(H,27,28,29). The normalized spacial score (nSPS) is 21.2. The third-order valence-electron chi connectivity index (χ3n) is 7.36. The van der Waals surface area contributed by atoms with Crippen molar-refractivity contribution in [3.63, 3.8) is 0 Å². The number of pyridine rings is 1. The largest absolute Gasteiger partial charge is 0.360 e. The number of amides is 1. The Morgan fingerprint density at radius 1 is 1.18 bits per heavy atom. The van der Waals surface area contributed by atoms with Gasteiger partial charge in [-0.1, -0.05) is 52.4 Å². The second-order valence-corrected chi connectivity index (χ2v) is 17.0. The zero-order valence-corrected chi connectivity index (χ0v) is 22.6. The van der Waals surface area contributed by atoms with Crippen molar-refractivity contribution in [3.05, 3.63) is 35.2 Å². The number of aryl methyl sites for hydroxylation is 1. The minimum Gasteiger partial charge on any atom is -0.360 e. The number of hydrogen-bond donors (Lipinski definition) is 1. The molecule has 0 aliphatic carbocycles. The van der Waals surface area contributed by atoms with Crippen LogP contribution in [0.5, 0.6) is 0 Å². The summed E-state index contributed by atoms with van der Waals surface area (Å²) in [6, 6.07) is 7.27. The van der Waals surface area contributed by atoms with Gasteiger partial charge < -0.3 is 15.0 Å². The van der Waals surface area contributed by atoms with Crippen molar-refractivity contribution in [2.24, 2.45) is 5.41 Å².